The predicted molar refractivity (Wildman–Crippen MR) is 109 cm³/mol. The Kier molecular flexibility index (Phi) is 5.03. The summed E-state index contributed by atoms with van der Waals surface area (Å²) in [4.78, 5) is 17.0. The van der Waals surface area contributed by atoms with E-state index in [0.717, 1.165) is 34.6 Å². The molecule has 0 atom stereocenters. The predicted octanol–water partition coefficient (Wildman–Crippen LogP) is 5.51. The van der Waals surface area contributed by atoms with Gasteiger partial charge in [-0.25, -0.2) is 4.98 Å². The maximum atomic E-state index is 12.7. The standard InChI is InChI=1S/C23H18F3N3O/c1-15-4-3-11-29-14-20(28-22(15)29)17-5-2-6-19(13-17)27-21(30)12-16-7-9-18(10-8-16)23(24,25)26/h2-11,13-14H,12H2,1H3,(H,27,30). The van der Waals surface area contributed by atoms with Crippen LogP contribution in [0.4, 0.5) is 18.9 Å². The Labute approximate surface area is 171 Å². The number of carbonyl (C=O) groups is 1. The Morgan fingerprint density at radius 1 is 1.07 bits per heavy atom. The molecule has 7 heteroatoms. The molecule has 0 aliphatic heterocycles. The first-order valence-corrected chi connectivity index (χ1v) is 9.30. The Balaban J connectivity index is 1.48. The van der Waals surface area contributed by atoms with Crippen molar-refractivity contribution >= 4 is 17.2 Å². The lowest BCUT2D eigenvalue weighted by Crippen LogP contribution is -2.14. The zero-order valence-corrected chi connectivity index (χ0v) is 16.1. The van der Waals surface area contributed by atoms with Crippen LogP contribution in [0.15, 0.2) is 73.1 Å². The zero-order valence-electron chi connectivity index (χ0n) is 16.1. The molecule has 0 aliphatic rings. The van der Waals surface area contributed by atoms with Gasteiger partial charge in [0.25, 0.3) is 0 Å². The fraction of sp³-hybridized carbons (Fsp3) is 0.130. The minimum atomic E-state index is -4.39. The second-order valence-corrected chi connectivity index (χ2v) is 7.05. The minimum Gasteiger partial charge on any atom is -0.326 e. The number of rotatable bonds is 4. The van der Waals surface area contributed by atoms with E-state index in [1.807, 2.05) is 54.0 Å². The number of nitrogens with one attached hydrogen (secondary N) is 1. The summed E-state index contributed by atoms with van der Waals surface area (Å²) in [6, 6.07) is 15.8. The molecule has 2 heterocycles. The highest BCUT2D eigenvalue weighted by atomic mass is 19.4. The van der Waals surface area contributed by atoms with Crippen LogP contribution in [0.3, 0.4) is 0 Å². The molecule has 2 aromatic heterocycles. The number of fused-ring (bicyclic) bond motifs is 1. The van der Waals surface area contributed by atoms with Crippen LogP contribution >= 0.6 is 0 Å². The smallest absolute Gasteiger partial charge is 0.326 e. The van der Waals surface area contributed by atoms with Crippen LogP contribution in [0, 0.1) is 6.92 Å². The summed E-state index contributed by atoms with van der Waals surface area (Å²) in [5.41, 5.74) is 3.93. The molecule has 4 aromatic rings. The molecule has 0 saturated carbocycles. The molecule has 152 valence electrons. The summed E-state index contributed by atoms with van der Waals surface area (Å²) >= 11 is 0. The molecule has 0 aliphatic carbocycles. The van der Waals surface area contributed by atoms with Crippen LogP contribution in [0.25, 0.3) is 16.9 Å². The average molecular weight is 409 g/mol. The topological polar surface area (TPSA) is 46.4 Å². The molecule has 1 amide bonds. The molecule has 0 fully saturated rings. The van der Waals surface area contributed by atoms with Crippen molar-refractivity contribution in [3.8, 4) is 11.3 Å². The van der Waals surface area contributed by atoms with E-state index in [1.165, 1.54) is 12.1 Å². The van der Waals surface area contributed by atoms with Gasteiger partial charge in [0.1, 0.15) is 5.65 Å². The number of imidazole rings is 1. The number of pyridine rings is 1. The van der Waals surface area contributed by atoms with Gasteiger partial charge in [0.05, 0.1) is 17.7 Å². The summed E-state index contributed by atoms with van der Waals surface area (Å²) in [7, 11) is 0. The molecule has 30 heavy (non-hydrogen) atoms. The van der Waals surface area contributed by atoms with E-state index >= 15 is 0 Å². The second-order valence-electron chi connectivity index (χ2n) is 7.05. The fourth-order valence-corrected chi connectivity index (χ4v) is 3.25. The van der Waals surface area contributed by atoms with E-state index in [4.69, 9.17) is 0 Å². The number of nitrogens with zero attached hydrogens (tertiary/aromatic N) is 2. The molecule has 0 radical (unpaired) electrons. The molecule has 4 rings (SSSR count). The van der Waals surface area contributed by atoms with Gasteiger partial charge in [-0.2, -0.15) is 13.2 Å². The number of aryl methyl sites for hydroxylation is 1. The monoisotopic (exact) mass is 409 g/mol. The first-order chi connectivity index (χ1) is 14.3. The fourth-order valence-electron chi connectivity index (χ4n) is 3.25. The van der Waals surface area contributed by atoms with Gasteiger partial charge in [-0.3, -0.25) is 4.79 Å². The molecule has 4 nitrogen and oxygen atoms in total. The summed E-state index contributed by atoms with van der Waals surface area (Å²) in [5.74, 6) is -0.308. The number of amides is 1. The lowest BCUT2D eigenvalue weighted by Gasteiger charge is -2.09. The van der Waals surface area contributed by atoms with E-state index in [1.54, 1.807) is 6.07 Å². The third kappa shape index (κ3) is 4.20. The highest BCUT2D eigenvalue weighted by Gasteiger charge is 2.29. The molecule has 0 unspecified atom stereocenters. The molecule has 0 bridgehead atoms. The Bertz CT molecular complexity index is 1210. The SMILES string of the molecule is Cc1cccn2cc(-c3cccc(NC(=O)Cc4ccc(C(F)(F)F)cc4)c3)nc12. The van der Waals surface area contributed by atoms with E-state index in [0.29, 0.717) is 11.3 Å². The zero-order chi connectivity index (χ0) is 21.3. The largest absolute Gasteiger partial charge is 0.416 e. The van der Waals surface area contributed by atoms with E-state index in [9.17, 15) is 18.0 Å². The first-order valence-electron chi connectivity index (χ1n) is 9.30. The number of aromatic nitrogens is 2. The Hall–Kier alpha value is -3.61. The lowest BCUT2D eigenvalue weighted by atomic mass is 10.1. The quantitative estimate of drug-likeness (QED) is 0.483. The lowest BCUT2D eigenvalue weighted by molar-refractivity contribution is -0.137. The maximum Gasteiger partial charge on any atom is 0.416 e. The van der Waals surface area contributed by atoms with Gasteiger partial charge in [-0.1, -0.05) is 30.3 Å². The van der Waals surface area contributed by atoms with Crippen molar-refractivity contribution in [3.63, 3.8) is 0 Å². The highest BCUT2D eigenvalue weighted by Crippen LogP contribution is 2.29. The van der Waals surface area contributed by atoms with Crippen LogP contribution in [0.1, 0.15) is 16.7 Å². The number of halogens is 3. The van der Waals surface area contributed by atoms with Gasteiger partial charge in [0.2, 0.25) is 5.91 Å². The maximum absolute atomic E-state index is 12.7. The minimum absolute atomic E-state index is 0.0179. The van der Waals surface area contributed by atoms with Crippen molar-refractivity contribution in [2.75, 3.05) is 5.32 Å². The summed E-state index contributed by atoms with van der Waals surface area (Å²) in [6.07, 6.45) is -0.562. The summed E-state index contributed by atoms with van der Waals surface area (Å²) < 4.78 is 39.9. The molecular formula is C23H18F3N3O. The number of benzene rings is 2. The number of anilines is 1. The van der Waals surface area contributed by atoms with Gasteiger partial charge in [-0.05, 0) is 48.4 Å². The van der Waals surface area contributed by atoms with Gasteiger partial charge in [-0.15, -0.1) is 0 Å². The number of hydrogen-bond donors (Lipinski definition) is 1. The number of carbonyl (C=O) groups excluding carboxylic acids is 1. The molecule has 2 aromatic carbocycles. The number of hydrogen-bond acceptors (Lipinski definition) is 2. The second kappa shape index (κ2) is 7.67. The van der Waals surface area contributed by atoms with Gasteiger partial charge < -0.3 is 9.72 Å². The molecule has 1 N–H and O–H groups in total. The van der Waals surface area contributed by atoms with Crippen LogP contribution in [0.2, 0.25) is 0 Å². The molecule has 0 spiro atoms. The van der Waals surface area contributed by atoms with E-state index in [-0.39, 0.29) is 12.3 Å². The Morgan fingerprint density at radius 2 is 1.83 bits per heavy atom. The van der Waals surface area contributed by atoms with Gasteiger partial charge in [0.15, 0.2) is 0 Å². The van der Waals surface area contributed by atoms with E-state index < -0.39 is 11.7 Å². The van der Waals surface area contributed by atoms with E-state index in [2.05, 4.69) is 10.3 Å². The third-order valence-corrected chi connectivity index (χ3v) is 4.77. The van der Waals surface area contributed by atoms with Crippen molar-refractivity contribution in [2.45, 2.75) is 19.5 Å². The van der Waals surface area contributed by atoms with Crippen LogP contribution < -0.4 is 5.32 Å². The highest BCUT2D eigenvalue weighted by molar-refractivity contribution is 5.92. The normalized spacial score (nSPS) is 11.6. The molecular weight excluding hydrogens is 391 g/mol. The van der Waals surface area contributed by atoms with Crippen molar-refractivity contribution in [2.24, 2.45) is 0 Å². The third-order valence-electron chi connectivity index (χ3n) is 4.77. The van der Waals surface area contributed by atoms with Crippen molar-refractivity contribution in [1.29, 1.82) is 0 Å². The summed E-state index contributed by atoms with van der Waals surface area (Å²) in [5, 5.41) is 2.79. The number of alkyl halides is 3. The summed E-state index contributed by atoms with van der Waals surface area (Å²) in [6.45, 7) is 1.99. The first kappa shape index (κ1) is 19.7. The van der Waals surface area contributed by atoms with Crippen LogP contribution in [-0.4, -0.2) is 15.3 Å². The van der Waals surface area contributed by atoms with Crippen LogP contribution in [-0.2, 0) is 17.4 Å². The van der Waals surface area contributed by atoms with Gasteiger partial charge >= 0.3 is 6.18 Å². The van der Waals surface area contributed by atoms with Crippen molar-refractivity contribution < 1.29 is 18.0 Å². The van der Waals surface area contributed by atoms with Crippen LogP contribution in [0.5, 0.6) is 0 Å². The Morgan fingerprint density at radius 3 is 2.53 bits per heavy atom. The van der Waals surface area contributed by atoms with Crippen molar-refractivity contribution in [3.05, 3.63) is 89.7 Å². The average Bonchev–Trinajstić information content (AvgIpc) is 3.14. The molecule has 0 saturated heterocycles. The van der Waals surface area contributed by atoms with Crippen molar-refractivity contribution in [1.82, 2.24) is 9.38 Å². The van der Waals surface area contributed by atoms with Gasteiger partial charge in [0, 0.05) is 23.6 Å².